The lowest BCUT2D eigenvalue weighted by atomic mass is 10.1. The molecule has 0 unspecified atom stereocenters. The summed E-state index contributed by atoms with van der Waals surface area (Å²) in [5, 5.41) is 1.97. The predicted molar refractivity (Wildman–Crippen MR) is 62.6 cm³/mol. The summed E-state index contributed by atoms with van der Waals surface area (Å²) in [7, 11) is 0. The zero-order chi connectivity index (χ0) is 11.0. The molecule has 0 bridgehead atoms. The van der Waals surface area contributed by atoms with Crippen molar-refractivity contribution in [2.24, 2.45) is 0 Å². The molecule has 0 atom stereocenters. The summed E-state index contributed by atoms with van der Waals surface area (Å²) in [6.45, 7) is 0.607. The van der Waals surface area contributed by atoms with Gasteiger partial charge in [-0.1, -0.05) is 0 Å². The van der Waals surface area contributed by atoms with Crippen LogP contribution in [0.1, 0.15) is 16.8 Å². The Balaban J connectivity index is 2.01. The van der Waals surface area contributed by atoms with Gasteiger partial charge in [-0.25, -0.2) is 0 Å². The van der Waals surface area contributed by atoms with Crippen molar-refractivity contribution in [2.45, 2.75) is 6.42 Å². The first kappa shape index (κ1) is 9.54. The zero-order valence-electron chi connectivity index (χ0n) is 8.47. The van der Waals surface area contributed by atoms with E-state index in [1.54, 1.807) is 17.5 Å². The van der Waals surface area contributed by atoms with Crippen LogP contribution in [0.15, 0.2) is 35.5 Å². The van der Waals surface area contributed by atoms with Gasteiger partial charge in [0.05, 0.1) is 16.8 Å². The van der Waals surface area contributed by atoms with E-state index in [-0.39, 0.29) is 5.78 Å². The molecule has 2 aromatic heterocycles. The second-order valence-electron chi connectivity index (χ2n) is 3.56. The maximum atomic E-state index is 12.0. The number of ketones is 1. The molecule has 1 aliphatic rings. The second-order valence-corrected chi connectivity index (χ2v) is 4.51. The van der Waals surface area contributed by atoms with Gasteiger partial charge in [-0.2, -0.15) is 0 Å². The van der Waals surface area contributed by atoms with Crippen LogP contribution in [0.3, 0.4) is 0 Å². The third-order valence-electron chi connectivity index (χ3n) is 2.49. The van der Waals surface area contributed by atoms with Crippen molar-refractivity contribution < 1.29 is 9.53 Å². The summed E-state index contributed by atoms with van der Waals surface area (Å²) < 4.78 is 6.28. The van der Waals surface area contributed by atoms with Crippen molar-refractivity contribution in [3.63, 3.8) is 0 Å². The summed E-state index contributed by atoms with van der Waals surface area (Å²) in [6, 6.07) is 3.82. The van der Waals surface area contributed by atoms with Crippen molar-refractivity contribution >= 4 is 27.3 Å². The molecular formula is C12H9NO2S. The molecule has 0 fully saturated rings. The van der Waals surface area contributed by atoms with Crippen molar-refractivity contribution in [3.05, 3.63) is 41.1 Å². The van der Waals surface area contributed by atoms with Crippen LogP contribution in [0.25, 0.3) is 10.2 Å². The number of aromatic nitrogens is 1. The minimum atomic E-state index is -0.0692. The summed E-state index contributed by atoms with van der Waals surface area (Å²) in [5.41, 5.74) is 1.53. The summed E-state index contributed by atoms with van der Waals surface area (Å²) in [6.07, 6.45) is 4.26. The molecule has 4 heteroatoms. The minimum Gasteiger partial charge on any atom is -0.489 e. The summed E-state index contributed by atoms with van der Waals surface area (Å²) in [5.74, 6) is 0.387. The lowest BCUT2D eigenvalue weighted by molar-refractivity contribution is 0.0942. The van der Waals surface area contributed by atoms with Crippen molar-refractivity contribution in [1.82, 2.24) is 4.98 Å². The van der Waals surface area contributed by atoms with Gasteiger partial charge in [0.25, 0.3) is 0 Å². The van der Waals surface area contributed by atoms with Gasteiger partial charge < -0.3 is 4.74 Å². The minimum absolute atomic E-state index is 0.0692. The molecule has 3 heterocycles. The maximum absolute atomic E-state index is 12.0. The average molecular weight is 231 g/mol. The Morgan fingerprint density at radius 2 is 2.44 bits per heavy atom. The first-order valence-electron chi connectivity index (χ1n) is 5.05. The second kappa shape index (κ2) is 3.72. The van der Waals surface area contributed by atoms with Crippen LogP contribution < -0.4 is 0 Å². The third-order valence-corrected chi connectivity index (χ3v) is 3.35. The van der Waals surface area contributed by atoms with E-state index in [0.717, 1.165) is 16.6 Å². The lowest BCUT2D eigenvalue weighted by Gasteiger charge is -2.02. The van der Waals surface area contributed by atoms with Gasteiger partial charge in [-0.05, 0) is 23.6 Å². The standard InChI is InChI=1S/C12H9NO2S/c14-12(10-2-1-4-15-10)8-6-11-9(13-7-8)3-5-16-11/h2-3,5-7H,1,4H2. The molecule has 80 valence electrons. The van der Waals surface area contributed by atoms with Gasteiger partial charge >= 0.3 is 0 Å². The highest BCUT2D eigenvalue weighted by molar-refractivity contribution is 7.17. The largest absolute Gasteiger partial charge is 0.489 e. The van der Waals surface area contributed by atoms with Gasteiger partial charge in [-0.15, -0.1) is 11.3 Å². The average Bonchev–Trinajstić information content (AvgIpc) is 2.98. The van der Waals surface area contributed by atoms with E-state index in [2.05, 4.69) is 4.98 Å². The van der Waals surface area contributed by atoms with E-state index in [9.17, 15) is 4.79 Å². The molecule has 0 saturated heterocycles. The maximum Gasteiger partial charge on any atom is 0.228 e. The van der Waals surface area contributed by atoms with Crippen LogP contribution >= 0.6 is 11.3 Å². The van der Waals surface area contributed by atoms with Gasteiger partial charge in [-0.3, -0.25) is 9.78 Å². The third kappa shape index (κ3) is 1.51. The number of rotatable bonds is 2. The highest BCUT2D eigenvalue weighted by Gasteiger charge is 2.17. The monoisotopic (exact) mass is 231 g/mol. The fourth-order valence-electron chi connectivity index (χ4n) is 1.69. The molecule has 3 nitrogen and oxygen atoms in total. The number of nitrogens with zero attached hydrogens (tertiary/aromatic N) is 1. The molecule has 1 aliphatic heterocycles. The zero-order valence-corrected chi connectivity index (χ0v) is 9.29. The van der Waals surface area contributed by atoms with Gasteiger partial charge in [0.1, 0.15) is 0 Å². The number of fused-ring (bicyclic) bond motifs is 1. The van der Waals surface area contributed by atoms with Crippen molar-refractivity contribution in [3.8, 4) is 0 Å². The Morgan fingerprint density at radius 3 is 3.25 bits per heavy atom. The van der Waals surface area contributed by atoms with E-state index in [0.29, 0.717) is 17.9 Å². The van der Waals surface area contributed by atoms with Crippen molar-refractivity contribution in [1.29, 1.82) is 0 Å². The predicted octanol–water partition coefficient (Wildman–Crippen LogP) is 2.78. The fraction of sp³-hybridized carbons (Fsp3) is 0.167. The van der Waals surface area contributed by atoms with E-state index in [1.165, 1.54) is 0 Å². The lowest BCUT2D eigenvalue weighted by Crippen LogP contribution is -2.04. The molecule has 3 rings (SSSR count). The van der Waals surface area contributed by atoms with Gasteiger partial charge in [0.15, 0.2) is 5.76 Å². The first-order chi connectivity index (χ1) is 7.84. The Hall–Kier alpha value is -1.68. The SMILES string of the molecule is O=C(C1=CCCO1)c1cnc2ccsc2c1. The molecular weight excluding hydrogens is 222 g/mol. The molecule has 16 heavy (non-hydrogen) atoms. The fourth-order valence-corrected chi connectivity index (χ4v) is 2.47. The first-order valence-corrected chi connectivity index (χ1v) is 5.93. The quantitative estimate of drug-likeness (QED) is 0.746. The number of allylic oxidation sites excluding steroid dienone is 1. The summed E-state index contributed by atoms with van der Waals surface area (Å²) >= 11 is 1.59. The number of thiophene rings is 1. The van der Waals surface area contributed by atoms with Crippen LogP contribution in [0, 0.1) is 0 Å². The highest BCUT2D eigenvalue weighted by Crippen LogP contribution is 2.22. The van der Waals surface area contributed by atoms with Gasteiger partial charge in [0, 0.05) is 18.2 Å². The van der Waals surface area contributed by atoms with Crippen LogP contribution in [0.4, 0.5) is 0 Å². The van der Waals surface area contributed by atoms with E-state index in [4.69, 9.17) is 4.74 Å². The highest BCUT2D eigenvalue weighted by atomic mass is 32.1. The summed E-state index contributed by atoms with van der Waals surface area (Å²) in [4.78, 5) is 16.2. The Morgan fingerprint density at radius 1 is 1.50 bits per heavy atom. The topological polar surface area (TPSA) is 39.2 Å². The number of ether oxygens (including phenoxy) is 1. The molecule has 0 N–H and O–H groups in total. The van der Waals surface area contributed by atoms with E-state index < -0.39 is 0 Å². The van der Waals surface area contributed by atoms with E-state index >= 15 is 0 Å². The normalized spacial score (nSPS) is 14.9. The molecule has 0 aromatic carbocycles. The van der Waals surface area contributed by atoms with Crippen LogP contribution in [0.5, 0.6) is 0 Å². The number of carbonyl (C=O) groups is 1. The number of hydrogen-bond donors (Lipinski definition) is 0. The number of carbonyl (C=O) groups excluding carboxylic acids is 1. The van der Waals surface area contributed by atoms with Crippen LogP contribution in [0.2, 0.25) is 0 Å². The Kier molecular flexibility index (Phi) is 2.22. The molecule has 0 saturated carbocycles. The molecule has 2 aromatic rings. The smallest absolute Gasteiger partial charge is 0.228 e. The number of hydrogen-bond acceptors (Lipinski definition) is 4. The molecule has 0 aliphatic carbocycles. The molecule has 0 amide bonds. The number of pyridine rings is 1. The molecule has 0 spiro atoms. The molecule has 0 radical (unpaired) electrons. The van der Waals surface area contributed by atoms with Crippen LogP contribution in [-0.2, 0) is 4.74 Å². The Bertz CT molecular complexity index is 585. The van der Waals surface area contributed by atoms with Gasteiger partial charge in [0.2, 0.25) is 5.78 Å². The van der Waals surface area contributed by atoms with Crippen molar-refractivity contribution in [2.75, 3.05) is 6.61 Å². The van der Waals surface area contributed by atoms with E-state index in [1.807, 2.05) is 23.6 Å². The van der Waals surface area contributed by atoms with Crippen LogP contribution in [-0.4, -0.2) is 17.4 Å². The Labute approximate surface area is 96.4 Å². The number of Topliss-reactive ketones (excluding diaryl/α,β-unsaturated/α-hetero) is 1.